The topological polar surface area (TPSA) is 82.3 Å². The van der Waals surface area contributed by atoms with Crippen molar-refractivity contribution in [2.75, 3.05) is 44.5 Å². The lowest BCUT2D eigenvalue weighted by Gasteiger charge is -2.07. The Kier molecular flexibility index (Phi) is 6.39. The van der Waals surface area contributed by atoms with Gasteiger partial charge in [-0.1, -0.05) is 6.07 Å². The van der Waals surface area contributed by atoms with Crippen molar-refractivity contribution >= 4 is 22.4 Å². The van der Waals surface area contributed by atoms with Gasteiger partial charge in [0, 0.05) is 38.2 Å². The molecule has 0 spiro atoms. The van der Waals surface area contributed by atoms with Crippen molar-refractivity contribution in [1.29, 1.82) is 0 Å². The molecule has 0 amide bonds. The van der Waals surface area contributed by atoms with Crippen molar-refractivity contribution in [3.8, 4) is 11.1 Å². The highest BCUT2D eigenvalue weighted by Gasteiger charge is 2.13. The first kappa shape index (κ1) is 15.7. The molecule has 0 fully saturated rings. The van der Waals surface area contributed by atoms with Gasteiger partial charge >= 0.3 is 0 Å². The number of aromatic nitrogens is 2. The SMILES string of the molecule is COCCOCCCNc1snc(N)c1-c1cccnc1. The molecule has 0 atom stereocenters. The first-order valence-electron chi connectivity index (χ1n) is 6.79. The molecule has 6 nitrogen and oxygen atoms in total. The minimum absolute atomic E-state index is 0.534. The van der Waals surface area contributed by atoms with Crippen LogP contribution in [0.5, 0.6) is 0 Å². The van der Waals surface area contributed by atoms with E-state index in [9.17, 15) is 0 Å². The number of rotatable bonds is 9. The fraction of sp³-hybridized carbons (Fsp3) is 0.429. The number of anilines is 2. The number of nitrogens with one attached hydrogen (secondary N) is 1. The monoisotopic (exact) mass is 308 g/mol. The highest BCUT2D eigenvalue weighted by atomic mass is 32.1. The van der Waals surface area contributed by atoms with Crippen LogP contribution in [0.25, 0.3) is 11.1 Å². The van der Waals surface area contributed by atoms with Crippen LogP contribution in [-0.4, -0.2) is 42.8 Å². The summed E-state index contributed by atoms with van der Waals surface area (Å²) >= 11 is 1.37. The van der Waals surface area contributed by atoms with Crippen LogP contribution in [0.1, 0.15) is 6.42 Å². The van der Waals surface area contributed by atoms with Gasteiger partial charge in [-0.2, -0.15) is 4.37 Å². The van der Waals surface area contributed by atoms with Gasteiger partial charge in [-0.25, -0.2) is 0 Å². The highest BCUT2D eigenvalue weighted by molar-refractivity contribution is 7.11. The molecular weight excluding hydrogens is 288 g/mol. The molecule has 0 aliphatic rings. The third kappa shape index (κ3) is 4.66. The standard InChI is InChI=1S/C14H20N4O2S/c1-19-8-9-20-7-3-6-17-14-12(13(15)18-21-14)11-4-2-5-16-10-11/h2,4-5,10,17H,3,6-9H2,1H3,(H2,15,18). The summed E-state index contributed by atoms with van der Waals surface area (Å²) in [6.07, 6.45) is 4.44. The molecule has 0 bridgehead atoms. The van der Waals surface area contributed by atoms with Gasteiger partial charge in [0.05, 0.1) is 18.8 Å². The zero-order chi connectivity index (χ0) is 14.9. The molecule has 2 rings (SSSR count). The molecule has 21 heavy (non-hydrogen) atoms. The first-order valence-corrected chi connectivity index (χ1v) is 7.56. The number of ether oxygens (including phenoxy) is 2. The molecule has 114 valence electrons. The summed E-state index contributed by atoms with van der Waals surface area (Å²) in [5.74, 6) is 0.534. The highest BCUT2D eigenvalue weighted by Crippen LogP contribution is 2.36. The molecule has 0 unspecified atom stereocenters. The predicted octanol–water partition coefficient (Wildman–Crippen LogP) is 2.25. The van der Waals surface area contributed by atoms with Gasteiger partial charge in [-0.3, -0.25) is 4.98 Å². The van der Waals surface area contributed by atoms with E-state index in [0.717, 1.165) is 29.1 Å². The number of nitrogen functional groups attached to an aromatic ring is 1. The van der Waals surface area contributed by atoms with Crippen molar-refractivity contribution < 1.29 is 9.47 Å². The minimum Gasteiger partial charge on any atom is -0.382 e. The van der Waals surface area contributed by atoms with E-state index in [-0.39, 0.29) is 0 Å². The Bertz CT molecular complexity index is 533. The zero-order valence-corrected chi connectivity index (χ0v) is 12.9. The van der Waals surface area contributed by atoms with Crippen LogP contribution in [0.4, 0.5) is 10.8 Å². The van der Waals surface area contributed by atoms with Crippen molar-refractivity contribution in [3.05, 3.63) is 24.5 Å². The predicted molar refractivity (Wildman–Crippen MR) is 85.6 cm³/mol. The van der Waals surface area contributed by atoms with Gasteiger partial charge in [0.2, 0.25) is 0 Å². The molecule has 0 aromatic carbocycles. The van der Waals surface area contributed by atoms with Crippen molar-refractivity contribution in [2.45, 2.75) is 6.42 Å². The summed E-state index contributed by atoms with van der Waals surface area (Å²) in [5.41, 5.74) is 7.85. The lowest BCUT2D eigenvalue weighted by molar-refractivity contribution is 0.0705. The van der Waals surface area contributed by atoms with Gasteiger partial charge < -0.3 is 20.5 Å². The van der Waals surface area contributed by atoms with E-state index in [1.165, 1.54) is 11.5 Å². The van der Waals surface area contributed by atoms with E-state index >= 15 is 0 Å². The van der Waals surface area contributed by atoms with Crippen LogP contribution in [0.2, 0.25) is 0 Å². The molecular formula is C14H20N4O2S. The quantitative estimate of drug-likeness (QED) is 0.691. The Morgan fingerprint density at radius 1 is 1.33 bits per heavy atom. The molecule has 0 saturated heterocycles. The lowest BCUT2D eigenvalue weighted by atomic mass is 10.1. The second-order valence-corrected chi connectivity index (χ2v) is 5.17. The van der Waals surface area contributed by atoms with Crippen LogP contribution in [0.3, 0.4) is 0 Å². The number of nitrogens with two attached hydrogens (primary N) is 1. The molecule has 2 aromatic rings. The summed E-state index contributed by atoms with van der Waals surface area (Å²) in [7, 11) is 1.67. The molecule has 7 heteroatoms. The van der Waals surface area contributed by atoms with Gasteiger partial charge in [-0.05, 0) is 24.0 Å². The molecule has 0 aliphatic carbocycles. The average Bonchev–Trinajstić information content (AvgIpc) is 2.88. The molecule has 2 heterocycles. The third-order valence-corrected chi connectivity index (χ3v) is 3.67. The largest absolute Gasteiger partial charge is 0.382 e. The zero-order valence-electron chi connectivity index (χ0n) is 12.0. The van der Waals surface area contributed by atoms with Crippen molar-refractivity contribution in [2.24, 2.45) is 0 Å². The number of hydrogen-bond donors (Lipinski definition) is 2. The smallest absolute Gasteiger partial charge is 0.147 e. The summed E-state index contributed by atoms with van der Waals surface area (Å²) in [6, 6.07) is 3.87. The Morgan fingerprint density at radius 3 is 3.00 bits per heavy atom. The third-order valence-electron chi connectivity index (χ3n) is 2.85. The fourth-order valence-corrected chi connectivity index (χ4v) is 2.59. The maximum atomic E-state index is 5.95. The maximum Gasteiger partial charge on any atom is 0.147 e. The normalized spacial score (nSPS) is 10.7. The van der Waals surface area contributed by atoms with Gasteiger partial charge in [0.1, 0.15) is 10.8 Å². The second-order valence-electron chi connectivity index (χ2n) is 4.40. The van der Waals surface area contributed by atoms with E-state index in [4.69, 9.17) is 15.2 Å². The van der Waals surface area contributed by atoms with Crippen LogP contribution in [0, 0.1) is 0 Å². The number of pyridine rings is 1. The Hall–Kier alpha value is -1.70. The average molecular weight is 308 g/mol. The summed E-state index contributed by atoms with van der Waals surface area (Å²) in [4.78, 5) is 4.12. The van der Waals surface area contributed by atoms with Crippen LogP contribution in [-0.2, 0) is 9.47 Å². The maximum absolute atomic E-state index is 5.95. The lowest BCUT2D eigenvalue weighted by Crippen LogP contribution is -2.08. The minimum atomic E-state index is 0.534. The Balaban J connectivity index is 1.84. The van der Waals surface area contributed by atoms with Crippen molar-refractivity contribution in [3.63, 3.8) is 0 Å². The van der Waals surface area contributed by atoms with Gasteiger partial charge in [-0.15, -0.1) is 0 Å². The van der Waals surface area contributed by atoms with Gasteiger partial charge in [0.15, 0.2) is 0 Å². The van der Waals surface area contributed by atoms with E-state index in [2.05, 4.69) is 14.7 Å². The Morgan fingerprint density at radius 2 is 2.24 bits per heavy atom. The van der Waals surface area contributed by atoms with E-state index in [1.54, 1.807) is 19.5 Å². The van der Waals surface area contributed by atoms with E-state index in [1.807, 2.05) is 12.1 Å². The van der Waals surface area contributed by atoms with Crippen LogP contribution < -0.4 is 11.1 Å². The summed E-state index contributed by atoms with van der Waals surface area (Å²) < 4.78 is 14.6. The molecule has 2 aromatic heterocycles. The number of nitrogens with zero attached hydrogens (tertiary/aromatic N) is 2. The number of methoxy groups -OCH3 is 1. The first-order chi connectivity index (χ1) is 10.3. The second kappa shape index (κ2) is 8.56. The molecule has 0 saturated carbocycles. The fourth-order valence-electron chi connectivity index (χ4n) is 1.83. The van der Waals surface area contributed by atoms with Crippen molar-refractivity contribution in [1.82, 2.24) is 9.36 Å². The Labute approximate surface area is 128 Å². The number of hydrogen-bond acceptors (Lipinski definition) is 7. The van der Waals surface area contributed by atoms with Gasteiger partial charge in [0.25, 0.3) is 0 Å². The molecule has 0 aliphatic heterocycles. The molecule has 0 radical (unpaired) electrons. The van der Waals surface area contributed by atoms with E-state index in [0.29, 0.717) is 25.6 Å². The van der Waals surface area contributed by atoms with E-state index < -0.39 is 0 Å². The summed E-state index contributed by atoms with van der Waals surface area (Å²) in [5, 5.41) is 4.33. The summed E-state index contributed by atoms with van der Waals surface area (Å²) in [6.45, 7) is 2.77. The molecule has 3 N–H and O–H groups in total. The van der Waals surface area contributed by atoms with Crippen LogP contribution in [0.15, 0.2) is 24.5 Å². The van der Waals surface area contributed by atoms with Crippen LogP contribution >= 0.6 is 11.5 Å².